The van der Waals surface area contributed by atoms with E-state index >= 15 is 0 Å². The highest BCUT2D eigenvalue weighted by Crippen LogP contribution is 2.31. The molecule has 3 heteroatoms. The molecule has 0 aromatic heterocycles. The second-order valence-electron chi connectivity index (χ2n) is 4.93. The van der Waals surface area contributed by atoms with E-state index in [9.17, 15) is 5.11 Å². The normalized spacial score (nSPS) is 17.0. The SMILES string of the molecule is CC(C)(C)N1COc2ccc(O)cc2C1. The van der Waals surface area contributed by atoms with E-state index < -0.39 is 0 Å². The molecule has 1 N–H and O–H groups in total. The average Bonchev–Trinajstić information content (AvgIpc) is 2.15. The maximum atomic E-state index is 9.40. The van der Waals surface area contributed by atoms with Gasteiger partial charge in [0.25, 0.3) is 0 Å². The molecule has 82 valence electrons. The van der Waals surface area contributed by atoms with Crippen molar-refractivity contribution in [2.75, 3.05) is 6.73 Å². The topological polar surface area (TPSA) is 32.7 Å². The minimum absolute atomic E-state index is 0.0865. The third-order valence-electron chi connectivity index (χ3n) is 2.73. The fourth-order valence-electron chi connectivity index (χ4n) is 1.66. The van der Waals surface area contributed by atoms with Gasteiger partial charge in [-0.2, -0.15) is 0 Å². The Labute approximate surface area is 90.3 Å². The summed E-state index contributed by atoms with van der Waals surface area (Å²) in [4.78, 5) is 2.23. The zero-order valence-corrected chi connectivity index (χ0v) is 9.45. The molecule has 1 heterocycles. The Bertz CT molecular complexity index is 368. The standard InChI is InChI=1S/C12H17NO2/c1-12(2,3)13-7-9-6-10(14)4-5-11(9)15-8-13/h4-6,14H,7-8H2,1-3H3. The highest BCUT2D eigenvalue weighted by Gasteiger charge is 2.26. The first-order valence-corrected chi connectivity index (χ1v) is 5.16. The molecule has 15 heavy (non-hydrogen) atoms. The van der Waals surface area contributed by atoms with Gasteiger partial charge in [0, 0.05) is 17.6 Å². The number of benzene rings is 1. The Balaban J connectivity index is 2.26. The van der Waals surface area contributed by atoms with Crippen molar-refractivity contribution in [2.45, 2.75) is 32.9 Å². The Hall–Kier alpha value is -1.22. The summed E-state index contributed by atoms with van der Waals surface area (Å²) >= 11 is 0. The molecule has 1 aliphatic rings. The fourth-order valence-corrected chi connectivity index (χ4v) is 1.66. The van der Waals surface area contributed by atoms with Gasteiger partial charge in [-0.05, 0) is 39.0 Å². The first kappa shape index (κ1) is 10.3. The number of nitrogens with zero attached hydrogens (tertiary/aromatic N) is 1. The van der Waals surface area contributed by atoms with E-state index in [2.05, 4.69) is 25.7 Å². The molecule has 0 bridgehead atoms. The Kier molecular flexibility index (Phi) is 2.35. The monoisotopic (exact) mass is 207 g/mol. The smallest absolute Gasteiger partial charge is 0.142 e. The van der Waals surface area contributed by atoms with Crippen LogP contribution in [0.4, 0.5) is 0 Å². The number of ether oxygens (including phenoxy) is 1. The van der Waals surface area contributed by atoms with Gasteiger partial charge in [0.05, 0.1) is 0 Å². The second-order valence-corrected chi connectivity index (χ2v) is 4.93. The lowest BCUT2D eigenvalue weighted by atomic mass is 10.0. The van der Waals surface area contributed by atoms with Gasteiger partial charge in [0.15, 0.2) is 0 Å². The third-order valence-corrected chi connectivity index (χ3v) is 2.73. The van der Waals surface area contributed by atoms with E-state index in [4.69, 9.17) is 4.74 Å². The van der Waals surface area contributed by atoms with Crippen LogP contribution in [-0.2, 0) is 6.54 Å². The molecule has 0 atom stereocenters. The lowest BCUT2D eigenvalue weighted by Crippen LogP contribution is -2.45. The summed E-state index contributed by atoms with van der Waals surface area (Å²) in [6, 6.07) is 5.25. The molecule has 0 amide bonds. The number of aromatic hydroxyl groups is 1. The Morgan fingerprint density at radius 3 is 2.73 bits per heavy atom. The summed E-state index contributed by atoms with van der Waals surface area (Å²) in [5, 5.41) is 9.40. The number of phenols is 1. The molecule has 0 saturated heterocycles. The molecule has 2 rings (SSSR count). The van der Waals surface area contributed by atoms with Crippen LogP contribution in [0.15, 0.2) is 18.2 Å². The van der Waals surface area contributed by atoms with Gasteiger partial charge in [-0.3, -0.25) is 4.90 Å². The molecular formula is C12H17NO2. The van der Waals surface area contributed by atoms with Gasteiger partial charge in [0.1, 0.15) is 18.2 Å². The minimum Gasteiger partial charge on any atom is -0.508 e. The molecule has 1 aromatic rings. The summed E-state index contributed by atoms with van der Waals surface area (Å²) < 4.78 is 5.63. The van der Waals surface area contributed by atoms with Crippen LogP contribution >= 0.6 is 0 Å². The molecular weight excluding hydrogens is 190 g/mol. The molecule has 0 fully saturated rings. The van der Waals surface area contributed by atoms with E-state index in [0.29, 0.717) is 12.5 Å². The van der Waals surface area contributed by atoms with Crippen molar-refractivity contribution in [3.63, 3.8) is 0 Å². The molecule has 1 aliphatic heterocycles. The predicted octanol–water partition coefficient (Wildman–Crippen LogP) is 2.34. The summed E-state index contributed by atoms with van der Waals surface area (Å²) in [6.45, 7) is 7.91. The van der Waals surface area contributed by atoms with Crippen LogP contribution in [-0.4, -0.2) is 22.3 Å². The van der Waals surface area contributed by atoms with Crippen LogP contribution < -0.4 is 4.74 Å². The second kappa shape index (κ2) is 3.42. The van der Waals surface area contributed by atoms with E-state index in [1.54, 1.807) is 12.1 Å². The van der Waals surface area contributed by atoms with Crippen molar-refractivity contribution in [2.24, 2.45) is 0 Å². The van der Waals surface area contributed by atoms with Crippen LogP contribution in [0.1, 0.15) is 26.3 Å². The summed E-state index contributed by atoms with van der Waals surface area (Å²) in [5.74, 6) is 1.18. The van der Waals surface area contributed by atoms with Crippen LogP contribution in [0, 0.1) is 0 Å². The van der Waals surface area contributed by atoms with Crippen molar-refractivity contribution in [1.29, 1.82) is 0 Å². The number of hydrogen-bond acceptors (Lipinski definition) is 3. The average molecular weight is 207 g/mol. The quantitative estimate of drug-likeness (QED) is 0.708. The zero-order valence-electron chi connectivity index (χ0n) is 9.45. The van der Waals surface area contributed by atoms with Crippen molar-refractivity contribution in [3.05, 3.63) is 23.8 Å². The molecule has 3 nitrogen and oxygen atoms in total. The largest absolute Gasteiger partial charge is 0.508 e. The maximum absolute atomic E-state index is 9.40. The van der Waals surface area contributed by atoms with Crippen molar-refractivity contribution < 1.29 is 9.84 Å². The third kappa shape index (κ3) is 2.07. The molecule has 1 aromatic carbocycles. The van der Waals surface area contributed by atoms with Crippen molar-refractivity contribution >= 4 is 0 Å². The fraction of sp³-hybridized carbons (Fsp3) is 0.500. The first-order valence-electron chi connectivity index (χ1n) is 5.16. The highest BCUT2D eigenvalue weighted by atomic mass is 16.5. The Morgan fingerprint density at radius 2 is 2.07 bits per heavy atom. The molecule has 0 radical (unpaired) electrons. The van der Waals surface area contributed by atoms with Gasteiger partial charge in [0.2, 0.25) is 0 Å². The first-order chi connectivity index (χ1) is 6.97. The summed E-state index contributed by atoms with van der Waals surface area (Å²) in [6.07, 6.45) is 0. The number of phenolic OH excluding ortho intramolecular Hbond substituents is 1. The number of hydrogen-bond donors (Lipinski definition) is 1. The molecule has 0 aliphatic carbocycles. The molecule has 0 spiro atoms. The van der Waals surface area contributed by atoms with Gasteiger partial charge in [-0.1, -0.05) is 0 Å². The molecule has 0 unspecified atom stereocenters. The van der Waals surface area contributed by atoms with Crippen LogP contribution in [0.25, 0.3) is 0 Å². The van der Waals surface area contributed by atoms with E-state index in [1.165, 1.54) is 0 Å². The number of fused-ring (bicyclic) bond motifs is 1. The number of rotatable bonds is 0. The van der Waals surface area contributed by atoms with Crippen LogP contribution in [0.5, 0.6) is 11.5 Å². The van der Waals surface area contributed by atoms with Crippen LogP contribution in [0.3, 0.4) is 0 Å². The van der Waals surface area contributed by atoms with Gasteiger partial charge < -0.3 is 9.84 Å². The van der Waals surface area contributed by atoms with Crippen molar-refractivity contribution in [1.82, 2.24) is 4.90 Å². The summed E-state index contributed by atoms with van der Waals surface area (Å²) in [7, 11) is 0. The maximum Gasteiger partial charge on any atom is 0.142 e. The minimum atomic E-state index is 0.0865. The molecule has 0 saturated carbocycles. The van der Waals surface area contributed by atoms with Crippen molar-refractivity contribution in [3.8, 4) is 11.5 Å². The summed E-state index contributed by atoms with van der Waals surface area (Å²) in [5.41, 5.74) is 1.14. The van der Waals surface area contributed by atoms with E-state index in [0.717, 1.165) is 17.9 Å². The van der Waals surface area contributed by atoms with E-state index in [1.807, 2.05) is 6.07 Å². The van der Waals surface area contributed by atoms with E-state index in [-0.39, 0.29) is 5.54 Å². The highest BCUT2D eigenvalue weighted by molar-refractivity contribution is 5.40. The Morgan fingerprint density at radius 1 is 1.33 bits per heavy atom. The predicted molar refractivity (Wildman–Crippen MR) is 58.9 cm³/mol. The lowest BCUT2D eigenvalue weighted by molar-refractivity contribution is 0.0217. The zero-order chi connectivity index (χ0) is 11.1. The van der Waals surface area contributed by atoms with Gasteiger partial charge in [-0.25, -0.2) is 0 Å². The van der Waals surface area contributed by atoms with Crippen LogP contribution in [0.2, 0.25) is 0 Å². The lowest BCUT2D eigenvalue weighted by Gasteiger charge is -2.38. The van der Waals surface area contributed by atoms with Gasteiger partial charge >= 0.3 is 0 Å². The van der Waals surface area contributed by atoms with Gasteiger partial charge in [-0.15, -0.1) is 0 Å².